The molecular formula is C12H22F3NO3. The molecule has 0 fully saturated rings. The van der Waals surface area contributed by atoms with Crippen molar-refractivity contribution in [2.24, 2.45) is 0 Å². The van der Waals surface area contributed by atoms with Crippen LogP contribution in [0.4, 0.5) is 13.2 Å². The zero-order valence-electron chi connectivity index (χ0n) is 12.0. The minimum absolute atomic E-state index is 0.0609. The van der Waals surface area contributed by atoms with Crippen LogP contribution in [-0.2, 0) is 14.3 Å². The van der Waals surface area contributed by atoms with Crippen LogP contribution in [0.1, 0.15) is 34.1 Å². The number of halogens is 3. The standard InChI is InChI=1S/C12H22F3NO3/c1-6-19-9(17)11(4,7-10(2,3)18-5)16-8-12(13,14)15/h16H,6-8H2,1-5H3. The van der Waals surface area contributed by atoms with E-state index in [-0.39, 0.29) is 13.0 Å². The maximum atomic E-state index is 12.3. The second-order valence-electron chi connectivity index (χ2n) is 5.16. The van der Waals surface area contributed by atoms with Gasteiger partial charge in [0.1, 0.15) is 5.54 Å². The van der Waals surface area contributed by atoms with Gasteiger partial charge in [0.05, 0.1) is 18.8 Å². The maximum absolute atomic E-state index is 12.3. The number of esters is 1. The Morgan fingerprint density at radius 2 is 1.74 bits per heavy atom. The van der Waals surface area contributed by atoms with Gasteiger partial charge in [0.25, 0.3) is 0 Å². The van der Waals surface area contributed by atoms with Gasteiger partial charge in [0, 0.05) is 13.5 Å². The Balaban J connectivity index is 4.97. The van der Waals surface area contributed by atoms with Gasteiger partial charge in [-0.1, -0.05) is 0 Å². The van der Waals surface area contributed by atoms with Crippen molar-refractivity contribution in [1.29, 1.82) is 0 Å². The van der Waals surface area contributed by atoms with E-state index in [9.17, 15) is 18.0 Å². The summed E-state index contributed by atoms with van der Waals surface area (Å²) >= 11 is 0. The van der Waals surface area contributed by atoms with Crippen molar-refractivity contribution in [2.75, 3.05) is 20.3 Å². The summed E-state index contributed by atoms with van der Waals surface area (Å²) in [5, 5.41) is 2.23. The normalized spacial score (nSPS) is 16.0. The van der Waals surface area contributed by atoms with Crippen molar-refractivity contribution in [2.45, 2.75) is 51.4 Å². The number of rotatable bonds is 7. The highest BCUT2D eigenvalue weighted by Crippen LogP contribution is 2.25. The van der Waals surface area contributed by atoms with E-state index >= 15 is 0 Å². The first-order valence-corrected chi connectivity index (χ1v) is 6.00. The Labute approximate surface area is 111 Å². The predicted octanol–water partition coefficient (Wildman–Crippen LogP) is 2.28. The lowest BCUT2D eigenvalue weighted by molar-refractivity contribution is -0.158. The van der Waals surface area contributed by atoms with Gasteiger partial charge in [-0.25, -0.2) is 0 Å². The van der Waals surface area contributed by atoms with Crippen LogP contribution in [0.15, 0.2) is 0 Å². The molecule has 0 saturated carbocycles. The topological polar surface area (TPSA) is 47.6 Å². The van der Waals surface area contributed by atoms with Crippen molar-refractivity contribution in [3.8, 4) is 0 Å². The minimum atomic E-state index is -4.40. The lowest BCUT2D eigenvalue weighted by Gasteiger charge is -2.35. The second-order valence-corrected chi connectivity index (χ2v) is 5.16. The molecule has 0 rings (SSSR count). The van der Waals surface area contributed by atoms with Gasteiger partial charge < -0.3 is 9.47 Å². The fraction of sp³-hybridized carbons (Fsp3) is 0.917. The minimum Gasteiger partial charge on any atom is -0.465 e. The van der Waals surface area contributed by atoms with Gasteiger partial charge >= 0.3 is 12.1 Å². The molecule has 7 heteroatoms. The van der Waals surface area contributed by atoms with E-state index in [0.29, 0.717) is 0 Å². The summed E-state index contributed by atoms with van der Waals surface area (Å²) in [6.07, 6.45) is -4.34. The lowest BCUT2D eigenvalue weighted by atomic mass is 9.87. The Kier molecular flexibility index (Phi) is 6.28. The van der Waals surface area contributed by atoms with Crippen molar-refractivity contribution in [3.63, 3.8) is 0 Å². The van der Waals surface area contributed by atoms with E-state index in [4.69, 9.17) is 9.47 Å². The van der Waals surface area contributed by atoms with Crippen LogP contribution in [-0.4, -0.2) is 43.5 Å². The number of nitrogens with one attached hydrogen (secondary N) is 1. The van der Waals surface area contributed by atoms with E-state index < -0.39 is 29.8 Å². The third-order valence-corrected chi connectivity index (χ3v) is 2.74. The number of hydrogen-bond donors (Lipinski definition) is 1. The third-order valence-electron chi connectivity index (χ3n) is 2.74. The SMILES string of the molecule is CCOC(=O)C(C)(CC(C)(C)OC)NCC(F)(F)F. The number of alkyl halides is 3. The first kappa shape index (κ1) is 18.2. The molecule has 0 aromatic rings. The molecule has 0 aliphatic heterocycles. The van der Waals surface area contributed by atoms with Crippen LogP contribution in [0.3, 0.4) is 0 Å². The highest BCUT2D eigenvalue weighted by molar-refractivity contribution is 5.80. The number of ether oxygens (including phenoxy) is 2. The Bertz CT molecular complexity index is 305. The Hall–Kier alpha value is -0.820. The second kappa shape index (κ2) is 6.56. The van der Waals surface area contributed by atoms with Gasteiger partial charge in [0.15, 0.2) is 0 Å². The predicted molar refractivity (Wildman–Crippen MR) is 64.8 cm³/mol. The van der Waals surface area contributed by atoms with E-state index in [1.807, 2.05) is 0 Å². The average molecular weight is 285 g/mol. The van der Waals surface area contributed by atoms with E-state index in [0.717, 1.165) is 0 Å². The van der Waals surface area contributed by atoms with Crippen LogP contribution in [0.5, 0.6) is 0 Å². The zero-order chi connectivity index (χ0) is 15.3. The molecule has 0 aromatic heterocycles. The lowest BCUT2D eigenvalue weighted by Crippen LogP contribution is -2.56. The molecule has 1 atom stereocenters. The van der Waals surface area contributed by atoms with Gasteiger partial charge in [-0.05, 0) is 27.7 Å². The molecule has 1 N–H and O–H groups in total. The summed E-state index contributed by atoms with van der Waals surface area (Å²) in [6.45, 7) is 5.22. The number of carbonyl (C=O) groups excluding carboxylic acids is 1. The molecule has 0 aliphatic rings. The van der Waals surface area contributed by atoms with Crippen LogP contribution >= 0.6 is 0 Å². The van der Waals surface area contributed by atoms with Crippen LogP contribution in [0.2, 0.25) is 0 Å². The first-order chi connectivity index (χ1) is 8.46. The third kappa shape index (κ3) is 6.77. The summed E-state index contributed by atoms with van der Waals surface area (Å²) in [5.41, 5.74) is -2.20. The zero-order valence-corrected chi connectivity index (χ0v) is 12.0. The van der Waals surface area contributed by atoms with Crippen LogP contribution in [0.25, 0.3) is 0 Å². The maximum Gasteiger partial charge on any atom is 0.401 e. The van der Waals surface area contributed by atoms with Crippen LogP contribution < -0.4 is 5.32 Å². The highest BCUT2D eigenvalue weighted by atomic mass is 19.4. The van der Waals surface area contributed by atoms with E-state index in [1.54, 1.807) is 20.8 Å². The molecule has 0 spiro atoms. The molecule has 0 bridgehead atoms. The fourth-order valence-corrected chi connectivity index (χ4v) is 1.72. The molecule has 0 radical (unpaired) electrons. The molecule has 0 heterocycles. The molecular weight excluding hydrogens is 263 g/mol. The Morgan fingerprint density at radius 3 is 2.11 bits per heavy atom. The smallest absolute Gasteiger partial charge is 0.401 e. The summed E-state index contributed by atoms with van der Waals surface area (Å²) in [6, 6.07) is 0. The average Bonchev–Trinajstić information content (AvgIpc) is 2.25. The van der Waals surface area contributed by atoms with Gasteiger partial charge in [-0.15, -0.1) is 0 Å². The number of carbonyl (C=O) groups is 1. The number of hydrogen-bond acceptors (Lipinski definition) is 4. The van der Waals surface area contributed by atoms with E-state index in [2.05, 4.69) is 5.32 Å². The van der Waals surface area contributed by atoms with Gasteiger partial charge in [0.2, 0.25) is 0 Å². The molecule has 0 amide bonds. The van der Waals surface area contributed by atoms with Crippen molar-refractivity contribution in [1.82, 2.24) is 5.32 Å². The number of methoxy groups -OCH3 is 1. The quantitative estimate of drug-likeness (QED) is 0.729. The molecule has 114 valence electrons. The van der Waals surface area contributed by atoms with Gasteiger partial charge in [-0.3, -0.25) is 10.1 Å². The molecule has 0 saturated heterocycles. The first-order valence-electron chi connectivity index (χ1n) is 6.00. The fourth-order valence-electron chi connectivity index (χ4n) is 1.72. The van der Waals surface area contributed by atoms with Crippen molar-refractivity contribution in [3.05, 3.63) is 0 Å². The molecule has 1 unspecified atom stereocenters. The van der Waals surface area contributed by atoms with Crippen molar-refractivity contribution >= 4 is 5.97 Å². The largest absolute Gasteiger partial charge is 0.465 e. The molecule has 4 nitrogen and oxygen atoms in total. The summed E-state index contributed by atoms with van der Waals surface area (Å²) < 4.78 is 46.9. The van der Waals surface area contributed by atoms with E-state index in [1.165, 1.54) is 14.0 Å². The Morgan fingerprint density at radius 1 is 1.21 bits per heavy atom. The monoisotopic (exact) mass is 285 g/mol. The summed E-state index contributed by atoms with van der Waals surface area (Å²) in [5.74, 6) is -0.718. The van der Waals surface area contributed by atoms with Crippen molar-refractivity contribution < 1.29 is 27.4 Å². The summed E-state index contributed by atoms with van der Waals surface area (Å²) in [4.78, 5) is 11.9. The molecule has 19 heavy (non-hydrogen) atoms. The van der Waals surface area contributed by atoms with Gasteiger partial charge in [-0.2, -0.15) is 13.2 Å². The molecule has 0 aliphatic carbocycles. The highest BCUT2D eigenvalue weighted by Gasteiger charge is 2.42. The molecule has 0 aromatic carbocycles. The summed E-state index contributed by atoms with van der Waals surface area (Å²) in [7, 11) is 1.44. The van der Waals surface area contributed by atoms with Crippen LogP contribution in [0, 0.1) is 0 Å².